The number of nitrogens with zero attached hydrogens (tertiary/aromatic N) is 4. The molecule has 0 atom stereocenters. The third kappa shape index (κ3) is 3.64. The van der Waals surface area contributed by atoms with Gasteiger partial charge in [-0.25, -0.2) is 4.98 Å². The highest BCUT2D eigenvalue weighted by molar-refractivity contribution is 5.59. The monoisotopic (exact) mass is 325 g/mol. The van der Waals surface area contributed by atoms with Gasteiger partial charge in [-0.3, -0.25) is 4.79 Å². The second kappa shape index (κ2) is 6.86. The highest BCUT2D eigenvalue weighted by Gasteiger charge is 2.18. The number of nitrogens with one attached hydrogen (secondary N) is 1. The maximum absolute atomic E-state index is 10.8. The summed E-state index contributed by atoms with van der Waals surface area (Å²) in [5.74, 6) is 1.51. The van der Waals surface area contributed by atoms with E-state index in [0.29, 0.717) is 19.0 Å². The second-order valence-electron chi connectivity index (χ2n) is 6.25. The Morgan fingerprint density at radius 2 is 1.75 bits per heavy atom. The molecule has 0 saturated carbocycles. The minimum atomic E-state index is 0.709. The van der Waals surface area contributed by atoms with Gasteiger partial charge in [0, 0.05) is 43.6 Å². The zero-order valence-corrected chi connectivity index (χ0v) is 14.4. The summed E-state index contributed by atoms with van der Waals surface area (Å²) in [4.78, 5) is 23.9. The number of hydrogen-bond acceptors (Lipinski definition) is 5. The van der Waals surface area contributed by atoms with E-state index in [1.54, 1.807) is 4.90 Å². The lowest BCUT2D eigenvalue weighted by atomic mass is 10.1. The fourth-order valence-electron chi connectivity index (χ4n) is 2.75. The molecule has 1 amide bonds. The van der Waals surface area contributed by atoms with Gasteiger partial charge in [0.1, 0.15) is 5.82 Å². The lowest BCUT2D eigenvalue weighted by Crippen LogP contribution is -2.46. The number of carbonyl (C=O) groups excluding carboxylic acids is 1. The van der Waals surface area contributed by atoms with E-state index in [2.05, 4.69) is 52.2 Å². The zero-order valence-electron chi connectivity index (χ0n) is 14.4. The van der Waals surface area contributed by atoms with Crippen molar-refractivity contribution in [2.75, 3.05) is 36.4 Å². The van der Waals surface area contributed by atoms with Gasteiger partial charge in [0.15, 0.2) is 0 Å². The quantitative estimate of drug-likeness (QED) is 0.875. The molecular formula is C18H23N5O. The number of anilines is 3. The van der Waals surface area contributed by atoms with Crippen LogP contribution >= 0.6 is 0 Å². The Hall–Kier alpha value is -2.63. The summed E-state index contributed by atoms with van der Waals surface area (Å²) in [6.07, 6.45) is 0.904. The molecule has 1 fully saturated rings. The standard InChI is InChI=1S/C18H23N5O/c1-13-4-5-16(10-14(13)2)20-17-11-15(3)19-18(21-17)23-8-6-22(12-24)7-9-23/h4-5,10-12H,6-9H2,1-3H3,(H,19,20,21). The van der Waals surface area contributed by atoms with E-state index < -0.39 is 0 Å². The molecule has 0 spiro atoms. The van der Waals surface area contributed by atoms with Crippen molar-refractivity contribution < 1.29 is 4.79 Å². The molecule has 2 aromatic rings. The van der Waals surface area contributed by atoms with Crippen LogP contribution in [0, 0.1) is 20.8 Å². The molecule has 6 nitrogen and oxygen atoms in total. The Kier molecular flexibility index (Phi) is 4.64. The number of aromatic nitrogens is 2. The minimum absolute atomic E-state index is 0.709. The normalized spacial score (nSPS) is 14.6. The number of hydrogen-bond donors (Lipinski definition) is 1. The van der Waals surface area contributed by atoms with E-state index in [-0.39, 0.29) is 0 Å². The van der Waals surface area contributed by atoms with Gasteiger partial charge in [0.25, 0.3) is 0 Å². The summed E-state index contributed by atoms with van der Waals surface area (Å²) >= 11 is 0. The van der Waals surface area contributed by atoms with Crippen molar-refractivity contribution in [2.45, 2.75) is 20.8 Å². The van der Waals surface area contributed by atoms with Gasteiger partial charge in [0.2, 0.25) is 12.4 Å². The first kappa shape index (κ1) is 16.2. The molecule has 1 aliphatic rings. The molecule has 126 valence electrons. The Morgan fingerprint density at radius 3 is 2.42 bits per heavy atom. The van der Waals surface area contributed by atoms with Crippen LogP contribution in [0.3, 0.4) is 0 Å². The minimum Gasteiger partial charge on any atom is -0.342 e. The van der Waals surface area contributed by atoms with E-state index in [0.717, 1.165) is 36.7 Å². The van der Waals surface area contributed by atoms with Gasteiger partial charge in [-0.05, 0) is 44.0 Å². The maximum atomic E-state index is 10.8. The third-order valence-electron chi connectivity index (χ3n) is 4.37. The van der Waals surface area contributed by atoms with Crippen LogP contribution in [-0.2, 0) is 4.79 Å². The van der Waals surface area contributed by atoms with Crippen molar-refractivity contribution in [3.63, 3.8) is 0 Å². The summed E-state index contributed by atoms with van der Waals surface area (Å²) in [5, 5.41) is 3.37. The number of benzene rings is 1. The van der Waals surface area contributed by atoms with Crippen LogP contribution in [0.5, 0.6) is 0 Å². The smallest absolute Gasteiger partial charge is 0.227 e. The van der Waals surface area contributed by atoms with Crippen LogP contribution in [0.25, 0.3) is 0 Å². The van der Waals surface area contributed by atoms with Crippen molar-refractivity contribution >= 4 is 23.9 Å². The van der Waals surface area contributed by atoms with Crippen LogP contribution in [0.1, 0.15) is 16.8 Å². The number of aryl methyl sites for hydroxylation is 3. The molecule has 1 aliphatic heterocycles. The fourth-order valence-corrected chi connectivity index (χ4v) is 2.75. The molecule has 0 unspecified atom stereocenters. The second-order valence-corrected chi connectivity index (χ2v) is 6.25. The molecule has 0 aliphatic carbocycles. The van der Waals surface area contributed by atoms with Gasteiger partial charge in [-0.1, -0.05) is 6.07 Å². The Labute approximate surface area is 142 Å². The molecule has 1 aromatic carbocycles. The van der Waals surface area contributed by atoms with E-state index in [1.807, 2.05) is 13.0 Å². The molecule has 3 rings (SSSR count). The average molecular weight is 325 g/mol. The summed E-state index contributed by atoms with van der Waals surface area (Å²) in [6, 6.07) is 8.23. The zero-order chi connectivity index (χ0) is 17.1. The van der Waals surface area contributed by atoms with Crippen LogP contribution in [0.4, 0.5) is 17.5 Å². The summed E-state index contributed by atoms with van der Waals surface area (Å²) in [6.45, 7) is 9.10. The largest absolute Gasteiger partial charge is 0.342 e. The maximum Gasteiger partial charge on any atom is 0.227 e. The van der Waals surface area contributed by atoms with Gasteiger partial charge >= 0.3 is 0 Å². The average Bonchev–Trinajstić information content (AvgIpc) is 2.58. The number of amides is 1. The van der Waals surface area contributed by atoms with E-state index >= 15 is 0 Å². The highest BCUT2D eigenvalue weighted by Crippen LogP contribution is 2.21. The lowest BCUT2D eigenvalue weighted by molar-refractivity contribution is -0.118. The molecule has 24 heavy (non-hydrogen) atoms. The lowest BCUT2D eigenvalue weighted by Gasteiger charge is -2.32. The van der Waals surface area contributed by atoms with Crippen LogP contribution in [0.15, 0.2) is 24.3 Å². The number of rotatable bonds is 4. The van der Waals surface area contributed by atoms with Gasteiger partial charge in [-0.2, -0.15) is 4.98 Å². The molecule has 1 N–H and O–H groups in total. The van der Waals surface area contributed by atoms with Crippen molar-refractivity contribution in [3.8, 4) is 0 Å². The third-order valence-corrected chi connectivity index (χ3v) is 4.37. The molecule has 2 heterocycles. The molecule has 0 radical (unpaired) electrons. The van der Waals surface area contributed by atoms with Gasteiger partial charge in [-0.15, -0.1) is 0 Å². The van der Waals surface area contributed by atoms with Gasteiger partial charge < -0.3 is 15.1 Å². The summed E-state index contributed by atoms with van der Waals surface area (Å²) in [7, 11) is 0. The first-order valence-electron chi connectivity index (χ1n) is 8.19. The van der Waals surface area contributed by atoms with Crippen molar-refractivity contribution in [1.29, 1.82) is 0 Å². The Morgan fingerprint density at radius 1 is 1.00 bits per heavy atom. The first-order chi connectivity index (χ1) is 11.5. The van der Waals surface area contributed by atoms with Crippen LogP contribution in [0.2, 0.25) is 0 Å². The van der Waals surface area contributed by atoms with Crippen LogP contribution < -0.4 is 10.2 Å². The SMILES string of the molecule is Cc1cc(Nc2ccc(C)c(C)c2)nc(N2CCN(C=O)CC2)n1. The van der Waals surface area contributed by atoms with E-state index in [1.165, 1.54) is 11.1 Å². The summed E-state index contributed by atoms with van der Waals surface area (Å²) in [5.41, 5.74) is 4.46. The predicted octanol–water partition coefficient (Wildman–Crippen LogP) is 2.42. The fraction of sp³-hybridized carbons (Fsp3) is 0.389. The topological polar surface area (TPSA) is 61.4 Å². The summed E-state index contributed by atoms with van der Waals surface area (Å²) < 4.78 is 0. The van der Waals surface area contributed by atoms with Crippen molar-refractivity contribution in [1.82, 2.24) is 14.9 Å². The molecule has 0 bridgehead atoms. The number of carbonyl (C=O) groups is 1. The van der Waals surface area contributed by atoms with Crippen LogP contribution in [-0.4, -0.2) is 47.5 Å². The Balaban J connectivity index is 1.78. The molecule has 1 saturated heterocycles. The molecule has 6 heteroatoms. The molecular weight excluding hydrogens is 302 g/mol. The Bertz CT molecular complexity index is 738. The number of piperazine rings is 1. The van der Waals surface area contributed by atoms with Crippen molar-refractivity contribution in [2.24, 2.45) is 0 Å². The van der Waals surface area contributed by atoms with E-state index in [9.17, 15) is 4.79 Å². The van der Waals surface area contributed by atoms with Gasteiger partial charge in [0.05, 0.1) is 0 Å². The van der Waals surface area contributed by atoms with Crippen molar-refractivity contribution in [3.05, 3.63) is 41.1 Å². The molecule has 1 aromatic heterocycles. The first-order valence-corrected chi connectivity index (χ1v) is 8.19. The van der Waals surface area contributed by atoms with E-state index in [4.69, 9.17) is 0 Å². The highest BCUT2D eigenvalue weighted by atomic mass is 16.1. The predicted molar refractivity (Wildman–Crippen MR) is 95.8 cm³/mol.